The first-order valence-electron chi connectivity index (χ1n) is 7.76. The lowest BCUT2D eigenvalue weighted by molar-refractivity contribution is 0.356. The van der Waals surface area contributed by atoms with Gasteiger partial charge in [-0.1, -0.05) is 31.2 Å². The van der Waals surface area contributed by atoms with Gasteiger partial charge in [0.2, 0.25) is 0 Å². The summed E-state index contributed by atoms with van der Waals surface area (Å²) in [6, 6.07) is 9.18. The number of benzene rings is 1. The van der Waals surface area contributed by atoms with Gasteiger partial charge in [0.15, 0.2) is 0 Å². The monoisotopic (exact) mass is 347 g/mol. The summed E-state index contributed by atoms with van der Waals surface area (Å²) >= 11 is 3.69. The van der Waals surface area contributed by atoms with Crippen LogP contribution in [0, 0.1) is 5.92 Å². The molecule has 0 fully saturated rings. The van der Waals surface area contributed by atoms with E-state index in [0.717, 1.165) is 30.4 Å². The maximum atomic E-state index is 4.49. The molecule has 1 unspecified atom stereocenters. The Balaban J connectivity index is 1.91. The van der Waals surface area contributed by atoms with Crippen molar-refractivity contribution < 1.29 is 0 Å². The first-order chi connectivity index (χ1) is 10.2. The SMILES string of the molecule is CCNC(c1c(Br)cnn1CC)C1Cc2ccccc2C1. The third-order valence-corrected chi connectivity index (χ3v) is 5.02. The van der Waals surface area contributed by atoms with Crippen LogP contribution in [0.5, 0.6) is 0 Å². The first kappa shape index (κ1) is 14.8. The first-order valence-corrected chi connectivity index (χ1v) is 8.55. The van der Waals surface area contributed by atoms with Crippen LogP contribution in [0.15, 0.2) is 34.9 Å². The fraction of sp³-hybridized carbons (Fsp3) is 0.471. The third-order valence-electron chi connectivity index (χ3n) is 4.41. The highest BCUT2D eigenvalue weighted by atomic mass is 79.9. The highest BCUT2D eigenvalue weighted by Crippen LogP contribution is 2.37. The number of aromatic nitrogens is 2. The van der Waals surface area contributed by atoms with Crippen molar-refractivity contribution in [3.63, 3.8) is 0 Å². The van der Waals surface area contributed by atoms with Crippen molar-refractivity contribution >= 4 is 15.9 Å². The van der Waals surface area contributed by atoms with Gasteiger partial charge < -0.3 is 5.32 Å². The predicted octanol–water partition coefficient (Wildman–Crippen LogP) is 3.73. The number of fused-ring (bicyclic) bond motifs is 1. The minimum absolute atomic E-state index is 0.347. The molecule has 2 aromatic rings. The number of aryl methyl sites for hydroxylation is 1. The molecule has 0 radical (unpaired) electrons. The Morgan fingerprint density at radius 2 is 1.95 bits per heavy atom. The van der Waals surface area contributed by atoms with Gasteiger partial charge in [-0.2, -0.15) is 5.10 Å². The molecule has 1 aliphatic rings. The molecule has 3 rings (SSSR count). The average molecular weight is 348 g/mol. The van der Waals surface area contributed by atoms with Crippen LogP contribution in [-0.2, 0) is 19.4 Å². The van der Waals surface area contributed by atoms with Crippen molar-refractivity contribution in [3.8, 4) is 0 Å². The molecular formula is C17H22BrN3. The quantitative estimate of drug-likeness (QED) is 0.892. The Morgan fingerprint density at radius 1 is 1.29 bits per heavy atom. The summed E-state index contributed by atoms with van der Waals surface area (Å²) in [6.45, 7) is 6.20. The molecule has 0 spiro atoms. The van der Waals surface area contributed by atoms with Gasteiger partial charge in [0.25, 0.3) is 0 Å². The van der Waals surface area contributed by atoms with Crippen molar-refractivity contribution in [1.29, 1.82) is 0 Å². The van der Waals surface area contributed by atoms with Crippen molar-refractivity contribution in [2.24, 2.45) is 5.92 Å². The lowest BCUT2D eigenvalue weighted by Crippen LogP contribution is -2.31. The minimum Gasteiger partial charge on any atom is -0.309 e. The standard InChI is InChI=1S/C17H22BrN3/c1-3-19-16(17-15(18)11-20-21(17)4-2)14-9-12-7-5-6-8-13(12)10-14/h5-8,11,14,16,19H,3-4,9-10H2,1-2H3. The topological polar surface area (TPSA) is 29.9 Å². The molecule has 1 aromatic carbocycles. The van der Waals surface area contributed by atoms with E-state index in [0.29, 0.717) is 12.0 Å². The van der Waals surface area contributed by atoms with Gasteiger partial charge in [-0.25, -0.2) is 0 Å². The van der Waals surface area contributed by atoms with Crippen LogP contribution in [0.25, 0.3) is 0 Å². The van der Waals surface area contributed by atoms with E-state index in [-0.39, 0.29) is 0 Å². The molecule has 3 nitrogen and oxygen atoms in total. The molecule has 112 valence electrons. The van der Waals surface area contributed by atoms with E-state index in [1.54, 1.807) is 0 Å². The second kappa shape index (κ2) is 6.32. The maximum absolute atomic E-state index is 4.49. The summed E-state index contributed by atoms with van der Waals surface area (Å²) in [5, 5.41) is 8.17. The number of halogens is 1. The number of nitrogens with one attached hydrogen (secondary N) is 1. The van der Waals surface area contributed by atoms with Crippen LogP contribution < -0.4 is 5.32 Å². The highest BCUT2D eigenvalue weighted by Gasteiger charge is 2.32. The zero-order valence-corrected chi connectivity index (χ0v) is 14.2. The van der Waals surface area contributed by atoms with E-state index in [4.69, 9.17) is 0 Å². The zero-order chi connectivity index (χ0) is 14.8. The Morgan fingerprint density at radius 3 is 2.52 bits per heavy atom. The van der Waals surface area contributed by atoms with Gasteiger partial charge in [0.1, 0.15) is 0 Å². The van der Waals surface area contributed by atoms with Crippen molar-refractivity contribution in [2.45, 2.75) is 39.3 Å². The summed E-state index contributed by atoms with van der Waals surface area (Å²) in [6.07, 6.45) is 4.22. The normalized spacial score (nSPS) is 16.1. The molecule has 1 heterocycles. The molecule has 1 atom stereocenters. The van der Waals surface area contributed by atoms with Crippen LogP contribution in [0.2, 0.25) is 0 Å². The summed E-state index contributed by atoms with van der Waals surface area (Å²) < 4.78 is 3.23. The molecule has 1 aliphatic carbocycles. The third kappa shape index (κ3) is 2.79. The average Bonchev–Trinajstić information content (AvgIpc) is 3.08. The zero-order valence-electron chi connectivity index (χ0n) is 12.6. The minimum atomic E-state index is 0.347. The van der Waals surface area contributed by atoms with Crippen molar-refractivity contribution in [1.82, 2.24) is 15.1 Å². The molecule has 0 aliphatic heterocycles. The summed E-state index contributed by atoms with van der Waals surface area (Å²) in [7, 11) is 0. The van der Waals surface area contributed by atoms with Crippen LogP contribution >= 0.6 is 15.9 Å². The summed E-state index contributed by atoms with van der Waals surface area (Å²) in [5.41, 5.74) is 4.30. The Labute approximate surface area is 134 Å². The molecule has 1 aromatic heterocycles. The Bertz CT molecular complexity index is 595. The fourth-order valence-electron chi connectivity index (χ4n) is 3.47. The van der Waals surface area contributed by atoms with Crippen molar-refractivity contribution in [3.05, 3.63) is 51.8 Å². The van der Waals surface area contributed by atoms with Gasteiger partial charge in [0.05, 0.1) is 22.4 Å². The van der Waals surface area contributed by atoms with Crippen molar-refractivity contribution in [2.75, 3.05) is 6.54 Å². The smallest absolute Gasteiger partial charge is 0.0698 e. The second-order valence-electron chi connectivity index (χ2n) is 5.67. The van der Waals surface area contributed by atoms with E-state index in [2.05, 4.69) is 69.1 Å². The van der Waals surface area contributed by atoms with Crippen LogP contribution in [0.4, 0.5) is 0 Å². The number of rotatable bonds is 5. The van der Waals surface area contributed by atoms with E-state index < -0.39 is 0 Å². The Kier molecular flexibility index (Phi) is 4.45. The number of nitrogens with zero attached hydrogens (tertiary/aromatic N) is 2. The van der Waals surface area contributed by atoms with E-state index in [1.165, 1.54) is 16.8 Å². The van der Waals surface area contributed by atoms with E-state index >= 15 is 0 Å². The predicted molar refractivity (Wildman–Crippen MR) is 89.4 cm³/mol. The molecule has 0 saturated heterocycles. The molecule has 21 heavy (non-hydrogen) atoms. The molecule has 4 heteroatoms. The molecule has 0 saturated carbocycles. The van der Waals surface area contributed by atoms with Crippen LogP contribution in [-0.4, -0.2) is 16.3 Å². The second-order valence-corrected chi connectivity index (χ2v) is 6.52. The van der Waals surface area contributed by atoms with Gasteiger partial charge in [0, 0.05) is 6.54 Å². The lowest BCUT2D eigenvalue weighted by Gasteiger charge is -2.25. The van der Waals surface area contributed by atoms with Gasteiger partial charge in [-0.3, -0.25) is 4.68 Å². The summed E-state index contributed by atoms with van der Waals surface area (Å²) in [4.78, 5) is 0. The molecular weight excluding hydrogens is 326 g/mol. The highest BCUT2D eigenvalue weighted by molar-refractivity contribution is 9.10. The molecule has 0 amide bonds. The van der Waals surface area contributed by atoms with Crippen LogP contribution in [0.1, 0.15) is 36.7 Å². The van der Waals surface area contributed by atoms with E-state index in [9.17, 15) is 0 Å². The lowest BCUT2D eigenvalue weighted by atomic mass is 9.93. The molecule has 1 N–H and O–H groups in total. The number of hydrogen-bond donors (Lipinski definition) is 1. The summed E-state index contributed by atoms with van der Waals surface area (Å²) in [5.74, 6) is 0.598. The van der Waals surface area contributed by atoms with Crippen LogP contribution in [0.3, 0.4) is 0 Å². The van der Waals surface area contributed by atoms with E-state index in [1.807, 2.05) is 6.20 Å². The van der Waals surface area contributed by atoms with Gasteiger partial charge >= 0.3 is 0 Å². The Hall–Kier alpha value is -1.13. The maximum Gasteiger partial charge on any atom is 0.0698 e. The number of hydrogen-bond acceptors (Lipinski definition) is 2. The van der Waals surface area contributed by atoms with Gasteiger partial charge in [-0.05, 0) is 59.3 Å². The molecule has 0 bridgehead atoms. The fourth-order valence-corrected chi connectivity index (χ4v) is 4.01. The largest absolute Gasteiger partial charge is 0.309 e. The van der Waals surface area contributed by atoms with Gasteiger partial charge in [-0.15, -0.1) is 0 Å².